The van der Waals surface area contributed by atoms with E-state index in [0.717, 1.165) is 12.1 Å². The Morgan fingerprint density at radius 2 is 2.10 bits per heavy atom. The molecule has 0 heterocycles. The number of nitrogens with two attached hydrogens (primary N) is 1. The van der Waals surface area contributed by atoms with Gasteiger partial charge in [-0.15, -0.1) is 0 Å². The van der Waals surface area contributed by atoms with E-state index in [9.17, 15) is 4.39 Å². The zero-order valence-electron chi connectivity index (χ0n) is 4.94. The van der Waals surface area contributed by atoms with E-state index in [1.165, 1.54) is 0 Å². The zero-order chi connectivity index (χ0) is 7.72. The molecule has 0 atom stereocenters. The standard InChI is InChI=1S/C6H5ClFNO/c7-3-1-4(8)6(10)2-5(3)9/h1-2,10H,9H2. The van der Waals surface area contributed by atoms with Crippen LogP contribution < -0.4 is 5.73 Å². The Morgan fingerprint density at radius 3 is 2.60 bits per heavy atom. The highest BCUT2D eigenvalue weighted by Crippen LogP contribution is 2.26. The van der Waals surface area contributed by atoms with Gasteiger partial charge in [0, 0.05) is 6.07 Å². The molecule has 1 aromatic rings. The first-order valence-electron chi connectivity index (χ1n) is 2.54. The quantitative estimate of drug-likeness (QED) is 0.570. The molecule has 0 bridgehead atoms. The van der Waals surface area contributed by atoms with Gasteiger partial charge in [0.1, 0.15) is 0 Å². The number of halogens is 2. The summed E-state index contributed by atoms with van der Waals surface area (Å²) in [4.78, 5) is 0. The number of phenolic OH excluding ortho intramolecular Hbond substituents is 1. The molecule has 0 amide bonds. The molecule has 0 aromatic heterocycles. The molecule has 0 aliphatic carbocycles. The lowest BCUT2D eigenvalue weighted by Crippen LogP contribution is -1.87. The van der Waals surface area contributed by atoms with E-state index in [4.69, 9.17) is 22.4 Å². The largest absolute Gasteiger partial charge is 0.505 e. The molecule has 0 unspecified atom stereocenters. The maximum atomic E-state index is 12.4. The third-order valence-corrected chi connectivity index (χ3v) is 1.39. The smallest absolute Gasteiger partial charge is 0.166 e. The Morgan fingerprint density at radius 1 is 1.50 bits per heavy atom. The van der Waals surface area contributed by atoms with Gasteiger partial charge in [-0.05, 0) is 6.07 Å². The van der Waals surface area contributed by atoms with Gasteiger partial charge in [0.05, 0.1) is 10.7 Å². The van der Waals surface area contributed by atoms with Crippen LogP contribution in [0.4, 0.5) is 10.1 Å². The van der Waals surface area contributed by atoms with E-state index in [0.29, 0.717) is 0 Å². The van der Waals surface area contributed by atoms with Crippen LogP contribution in [0.5, 0.6) is 5.75 Å². The fourth-order valence-corrected chi connectivity index (χ4v) is 0.704. The lowest BCUT2D eigenvalue weighted by molar-refractivity contribution is 0.433. The van der Waals surface area contributed by atoms with Crippen LogP contribution in [0.1, 0.15) is 0 Å². The molecule has 1 rings (SSSR count). The normalized spacial score (nSPS) is 9.80. The lowest BCUT2D eigenvalue weighted by Gasteiger charge is -1.98. The number of benzene rings is 1. The minimum absolute atomic E-state index is 0.107. The van der Waals surface area contributed by atoms with E-state index in [2.05, 4.69) is 0 Å². The molecule has 0 saturated carbocycles. The molecule has 3 N–H and O–H groups in total. The van der Waals surface area contributed by atoms with E-state index < -0.39 is 11.6 Å². The molecule has 0 aliphatic heterocycles. The number of nitrogen functional groups attached to an aromatic ring is 1. The van der Waals surface area contributed by atoms with Crippen LogP contribution in [-0.4, -0.2) is 5.11 Å². The maximum Gasteiger partial charge on any atom is 0.166 e. The van der Waals surface area contributed by atoms with Gasteiger partial charge in [-0.3, -0.25) is 0 Å². The van der Waals surface area contributed by atoms with Crippen molar-refractivity contribution in [2.45, 2.75) is 0 Å². The summed E-state index contributed by atoms with van der Waals surface area (Å²) >= 11 is 5.41. The molecule has 10 heavy (non-hydrogen) atoms. The van der Waals surface area contributed by atoms with E-state index in [1.54, 1.807) is 0 Å². The Bertz CT molecular complexity index is 214. The Hall–Kier alpha value is -0.960. The molecule has 2 nitrogen and oxygen atoms in total. The van der Waals surface area contributed by atoms with Crippen molar-refractivity contribution in [1.29, 1.82) is 0 Å². The molecule has 54 valence electrons. The molecule has 0 spiro atoms. The first-order valence-corrected chi connectivity index (χ1v) is 2.92. The summed E-state index contributed by atoms with van der Waals surface area (Å²) in [7, 11) is 0. The topological polar surface area (TPSA) is 46.2 Å². The first kappa shape index (κ1) is 7.15. The third kappa shape index (κ3) is 1.14. The molecule has 0 radical (unpaired) electrons. The van der Waals surface area contributed by atoms with Crippen LogP contribution in [0.15, 0.2) is 12.1 Å². The minimum Gasteiger partial charge on any atom is -0.505 e. The van der Waals surface area contributed by atoms with Crippen molar-refractivity contribution in [1.82, 2.24) is 0 Å². The van der Waals surface area contributed by atoms with Gasteiger partial charge >= 0.3 is 0 Å². The van der Waals surface area contributed by atoms with E-state index >= 15 is 0 Å². The van der Waals surface area contributed by atoms with Crippen molar-refractivity contribution in [2.75, 3.05) is 5.73 Å². The van der Waals surface area contributed by atoms with Crippen molar-refractivity contribution in [3.8, 4) is 5.75 Å². The molecule has 0 aliphatic rings. The van der Waals surface area contributed by atoms with Crippen molar-refractivity contribution >= 4 is 17.3 Å². The van der Waals surface area contributed by atoms with Crippen LogP contribution in [-0.2, 0) is 0 Å². The predicted octanol–water partition coefficient (Wildman–Crippen LogP) is 1.77. The number of hydrogen-bond donors (Lipinski definition) is 2. The molecule has 0 saturated heterocycles. The average Bonchev–Trinajstić information content (AvgIpc) is 1.84. The minimum atomic E-state index is -0.765. The van der Waals surface area contributed by atoms with Crippen LogP contribution in [0.2, 0.25) is 5.02 Å². The first-order chi connectivity index (χ1) is 4.61. The van der Waals surface area contributed by atoms with Gasteiger partial charge in [0.15, 0.2) is 11.6 Å². The highest BCUT2D eigenvalue weighted by Gasteiger charge is 2.03. The lowest BCUT2D eigenvalue weighted by atomic mass is 10.3. The van der Waals surface area contributed by atoms with E-state index in [1.807, 2.05) is 0 Å². The predicted molar refractivity (Wildman–Crippen MR) is 37.5 cm³/mol. The second-order valence-electron chi connectivity index (χ2n) is 1.83. The average molecular weight is 162 g/mol. The van der Waals surface area contributed by atoms with Crippen LogP contribution in [0.3, 0.4) is 0 Å². The summed E-state index contributed by atoms with van der Waals surface area (Å²) in [6.07, 6.45) is 0. The number of rotatable bonds is 0. The summed E-state index contributed by atoms with van der Waals surface area (Å²) in [5.74, 6) is -1.25. The summed E-state index contributed by atoms with van der Waals surface area (Å²) in [5.41, 5.74) is 5.40. The number of aromatic hydroxyl groups is 1. The maximum absolute atomic E-state index is 12.4. The van der Waals surface area contributed by atoms with Crippen molar-refractivity contribution in [3.05, 3.63) is 23.0 Å². The molecule has 1 aromatic carbocycles. The number of anilines is 1. The van der Waals surface area contributed by atoms with Crippen LogP contribution in [0.25, 0.3) is 0 Å². The Kier molecular flexibility index (Phi) is 1.68. The van der Waals surface area contributed by atoms with Crippen molar-refractivity contribution < 1.29 is 9.50 Å². The monoisotopic (exact) mass is 161 g/mol. The third-order valence-electron chi connectivity index (χ3n) is 1.07. The van der Waals surface area contributed by atoms with Gasteiger partial charge in [-0.2, -0.15) is 0 Å². The fraction of sp³-hybridized carbons (Fsp3) is 0. The summed E-state index contributed by atoms with van der Waals surface area (Å²) in [6, 6.07) is 2.03. The molecule has 0 fully saturated rings. The Balaban J connectivity index is 3.28. The van der Waals surface area contributed by atoms with Crippen molar-refractivity contribution in [3.63, 3.8) is 0 Å². The summed E-state index contributed by atoms with van der Waals surface area (Å²) in [5, 5.41) is 8.82. The van der Waals surface area contributed by atoms with Gasteiger partial charge in [0.25, 0.3) is 0 Å². The van der Waals surface area contributed by atoms with Gasteiger partial charge < -0.3 is 10.8 Å². The van der Waals surface area contributed by atoms with Crippen LogP contribution >= 0.6 is 11.6 Å². The molecular weight excluding hydrogens is 157 g/mol. The molecular formula is C6H5ClFNO. The van der Waals surface area contributed by atoms with E-state index in [-0.39, 0.29) is 10.7 Å². The summed E-state index contributed by atoms with van der Waals surface area (Å²) in [6.45, 7) is 0. The second kappa shape index (κ2) is 2.34. The number of phenols is 1. The van der Waals surface area contributed by atoms with Gasteiger partial charge in [-0.1, -0.05) is 11.6 Å². The second-order valence-corrected chi connectivity index (χ2v) is 2.23. The SMILES string of the molecule is Nc1cc(O)c(F)cc1Cl. The van der Waals surface area contributed by atoms with Gasteiger partial charge in [-0.25, -0.2) is 4.39 Å². The highest BCUT2D eigenvalue weighted by molar-refractivity contribution is 6.33. The molecule has 4 heteroatoms. The fourth-order valence-electron chi connectivity index (χ4n) is 0.554. The van der Waals surface area contributed by atoms with Gasteiger partial charge in [0.2, 0.25) is 0 Å². The highest BCUT2D eigenvalue weighted by atomic mass is 35.5. The number of hydrogen-bond acceptors (Lipinski definition) is 2. The van der Waals surface area contributed by atoms with Crippen LogP contribution in [0, 0.1) is 5.82 Å². The summed E-state index contributed by atoms with van der Waals surface area (Å²) < 4.78 is 12.4. The Labute approximate surface area is 62.0 Å². The zero-order valence-corrected chi connectivity index (χ0v) is 5.69. The van der Waals surface area contributed by atoms with Crippen molar-refractivity contribution in [2.24, 2.45) is 0 Å².